The van der Waals surface area contributed by atoms with Gasteiger partial charge in [0.25, 0.3) is 0 Å². The van der Waals surface area contributed by atoms with Crippen LogP contribution in [0.2, 0.25) is 0 Å². The van der Waals surface area contributed by atoms with Gasteiger partial charge >= 0.3 is 0 Å². The Morgan fingerprint density at radius 1 is 0.852 bits per heavy atom. The molecule has 4 nitrogen and oxygen atoms in total. The van der Waals surface area contributed by atoms with E-state index in [1.54, 1.807) is 30.3 Å². The molecular weight excluding hydrogens is 367 g/mol. The van der Waals surface area contributed by atoms with Gasteiger partial charge in [-0.3, -0.25) is 4.79 Å². The summed E-state index contributed by atoms with van der Waals surface area (Å²) in [6, 6.07) is 18.4. The lowest BCUT2D eigenvalue weighted by molar-refractivity contribution is 0.112. The minimum Gasteiger partial charge on any atom is -0.453 e. The molecule has 0 bridgehead atoms. The molecule has 6 heteroatoms. The monoisotopic (exact) mass is 380 g/mol. The highest BCUT2D eigenvalue weighted by molar-refractivity contribution is 7.91. The maximum atomic E-state index is 15.2. The molecule has 1 aromatic heterocycles. The molecule has 0 aliphatic carbocycles. The highest BCUT2D eigenvalue weighted by atomic mass is 32.2. The van der Waals surface area contributed by atoms with E-state index < -0.39 is 15.7 Å². The molecule has 0 saturated heterocycles. The summed E-state index contributed by atoms with van der Waals surface area (Å²) in [5, 5.41) is -0.0872. The lowest BCUT2D eigenvalue weighted by Gasteiger charge is -2.05. The minimum atomic E-state index is -3.91. The van der Waals surface area contributed by atoms with Crippen molar-refractivity contribution in [2.75, 3.05) is 0 Å². The van der Waals surface area contributed by atoms with Crippen LogP contribution in [0.25, 0.3) is 22.3 Å². The molecule has 0 saturated carbocycles. The number of aldehydes is 1. The molecule has 0 amide bonds. The van der Waals surface area contributed by atoms with Crippen molar-refractivity contribution in [3.05, 3.63) is 84.2 Å². The van der Waals surface area contributed by atoms with Gasteiger partial charge < -0.3 is 4.42 Å². The van der Waals surface area contributed by atoms with Gasteiger partial charge in [-0.15, -0.1) is 0 Å². The summed E-state index contributed by atoms with van der Waals surface area (Å²) in [5.41, 5.74) is 0.999. The van der Waals surface area contributed by atoms with Crippen molar-refractivity contribution < 1.29 is 22.0 Å². The number of halogens is 1. The van der Waals surface area contributed by atoms with Gasteiger partial charge in [0, 0.05) is 11.1 Å². The minimum absolute atomic E-state index is 0.0711. The zero-order valence-electron chi connectivity index (χ0n) is 13.9. The average molecular weight is 380 g/mol. The Bertz CT molecular complexity index is 1240. The maximum Gasteiger partial charge on any atom is 0.207 e. The molecule has 27 heavy (non-hydrogen) atoms. The van der Waals surface area contributed by atoms with Gasteiger partial charge in [0.1, 0.15) is 11.9 Å². The summed E-state index contributed by atoms with van der Waals surface area (Å²) in [6.07, 6.45) is 0.684. The molecule has 0 aliphatic rings. The number of rotatable bonds is 4. The molecule has 0 aliphatic heterocycles. The molecule has 1 heterocycles. The van der Waals surface area contributed by atoms with E-state index in [-0.39, 0.29) is 26.5 Å². The van der Waals surface area contributed by atoms with Gasteiger partial charge in [-0.1, -0.05) is 48.5 Å². The lowest BCUT2D eigenvalue weighted by Crippen LogP contribution is -2.02. The SMILES string of the molecule is O=Cc1ccc(-c2oc3cccc(S(=O)(=O)c4ccccc4)c3c2F)cc1. The first-order valence-corrected chi connectivity index (χ1v) is 9.57. The van der Waals surface area contributed by atoms with Gasteiger partial charge in [-0.25, -0.2) is 12.8 Å². The molecular formula is C21H13FO4S. The predicted molar refractivity (Wildman–Crippen MR) is 98.9 cm³/mol. The van der Waals surface area contributed by atoms with Crippen molar-refractivity contribution in [3.63, 3.8) is 0 Å². The Morgan fingerprint density at radius 3 is 2.22 bits per heavy atom. The van der Waals surface area contributed by atoms with E-state index in [4.69, 9.17) is 4.42 Å². The second-order valence-electron chi connectivity index (χ2n) is 5.93. The van der Waals surface area contributed by atoms with Gasteiger partial charge in [0.15, 0.2) is 11.6 Å². The van der Waals surface area contributed by atoms with E-state index >= 15 is 4.39 Å². The topological polar surface area (TPSA) is 64.3 Å². The highest BCUT2D eigenvalue weighted by Gasteiger charge is 2.26. The Hall–Kier alpha value is -3.25. The zero-order valence-corrected chi connectivity index (χ0v) is 14.7. The molecule has 4 aromatic rings. The van der Waals surface area contributed by atoms with Crippen LogP contribution in [0.3, 0.4) is 0 Å². The third-order valence-corrected chi connectivity index (χ3v) is 6.08. The fourth-order valence-corrected chi connectivity index (χ4v) is 4.42. The Labute approximate surface area is 154 Å². The van der Waals surface area contributed by atoms with E-state index in [1.165, 1.54) is 42.5 Å². The Morgan fingerprint density at radius 2 is 1.56 bits per heavy atom. The van der Waals surface area contributed by atoms with Gasteiger partial charge in [-0.05, 0) is 24.3 Å². The highest BCUT2D eigenvalue weighted by Crippen LogP contribution is 2.37. The normalized spacial score (nSPS) is 11.6. The number of sulfone groups is 1. The molecule has 0 atom stereocenters. The van der Waals surface area contributed by atoms with Crippen molar-refractivity contribution in [2.45, 2.75) is 9.79 Å². The van der Waals surface area contributed by atoms with Crippen molar-refractivity contribution in [3.8, 4) is 11.3 Å². The molecule has 4 rings (SSSR count). The number of benzene rings is 3. The first-order chi connectivity index (χ1) is 13.0. The molecule has 0 radical (unpaired) electrons. The van der Waals surface area contributed by atoms with Crippen LogP contribution < -0.4 is 0 Å². The number of carbonyl (C=O) groups excluding carboxylic acids is 1. The summed E-state index contributed by atoms with van der Waals surface area (Å²) in [6.45, 7) is 0. The predicted octanol–water partition coefficient (Wildman–Crippen LogP) is 4.88. The van der Waals surface area contributed by atoms with Crippen LogP contribution in [-0.2, 0) is 9.84 Å². The second-order valence-corrected chi connectivity index (χ2v) is 7.85. The van der Waals surface area contributed by atoms with Crippen LogP contribution >= 0.6 is 0 Å². The van der Waals surface area contributed by atoms with Crippen LogP contribution in [-0.4, -0.2) is 14.7 Å². The number of hydrogen-bond donors (Lipinski definition) is 0. The quantitative estimate of drug-likeness (QED) is 0.473. The summed E-state index contributed by atoms with van der Waals surface area (Å²) in [5.74, 6) is -0.822. The third kappa shape index (κ3) is 2.84. The number of fused-ring (bicyclic) bond motifs is 1. The van der Waals surface area contributed by atoms with Gasteiger partial charge in [-0.2, -0.15) is 0 Å². The van der Waals surface area contributed by atoms with Crippen molar-refractivity contribution in [1.29, 1.82) is 0 Å². The van der Waals surface area contributed by atoms with Crippen LogP contribution in [0.4, 0.5) is 4.39 Å². The molecule has 0 spiro atoms. The Balaban J connectivity index is 1.94. The smallest absolute Gasteiger partial charge is 0.207 e. The van der Waals surface area contributed by atoms with E-state index in [2.05, 4.69) is 0 Å². The van der Waals surface area contributed by atoms with Crippen molar-refractivity contribution in [2.24, 2.45) is 0 Å². The fraction of sp³-hybridized carbons (Fsp3) is 0. The number of furan rings is 1. The molecule has 0 fully saturated rings. The van der Waals surface area contributed by atoms with E-state index in [9.17, 15) is 13.2 Å². The van der Waals surface area contributed by atoms with Crippen LogP contribution in [0.15, 0.2) is 87.0 Å². The number of carbonyl (C=O) groups is 1. The molecule has 0 unspecified atom stereocenters. The first-order valence-electron chi connectivity index (χ1n) is 8.09. The number of hydrogen-bond acceptors (Lipinski definition) is 4. The van der Waals surface area contributed by atoms with Crippen LogP contribution in [0.1, 0.15) is 10.4 Å². The van der Waals surface area contributed by atoms with E-state index in [1.807, 2.05) is 0 Å². The van der Waals surface area contributed by atoms with Gasteiger partial charge in [0.2, 0.25) is 9.84 Å². The van der Waals surface area contributed by atoms with Crippen molar-refractivity contribution >= 4 is 27.1 Å². The van der Waals surface area contributed by atoms with Crippen molar-refractivity contribution in [1.82, 2.24) is 0 Å². The maximum absolute atomic E-state index is 15.2. The second kappa shape index (κ2) is 6.48. The standard InChI is InChI=1S/C21H13FO4S/c22-20-19-17(26-21(20)15-11-9-14(13-23)10-12-15)7-4-8-18(19)27(24,25)16-5-2-1-3-6-16/h1-13H. The third-order valence-electron chi connectivity index (χ3n) is 4.27. The first kappa shape index (κ1) is 17.2. The summed E-state index contributed by atoms with van der Waals surface area (Å²) < 4.78 is 46.7. The van der Waals surface area contributed by atoms with E-state index in [0.29, 0.717) is 17.4 Å². The molecule has 3 aromatic carbocycles. The summed E-state index contributed by atoms with van der Waals surface area (Å²) >= 11 is 0. The van der Waals surface area contributed by atoms with Crippen LogP contribution in [0, 0.1) is 5.82 Å². The largest absolute Gasteiger partial charge is 0.453 e. The summed E-state index contributed by atoms with van der Waals surface area (Å²) in [7, 11) is -3.91. The lowest BCUT2D eigenvalue weighted by atomic mass is 10.1. The molecule has 0 N–H and O–H groups in total. The average Bonchev–Trinajstić information content (AvgIpc) is 3.05. The zero-order chi connectivity index (χ0) is 19.0. The summed E-state index contributed by atoms with van der Waals surface area (Å²) in [4.78, 5) is 10.7. The molecule has 134 valence electrons. The van der Waals surface area contributed by atoms with Crippen LogP contribution in [0.5, 0.6) is 0 Å². The van der Waals surface area contributed by atoms with E-state index in [0.717, 1.165) is 0 Å². The van der Waals surface area contributed by atoms with Gasteiger partial charge in [0.05, 0.1) is 15.2 Å². The fourth-order valence-electron chi connectivity index (χ4n) is 2.93. The Kier molecular flexibility index (Phi) is 4.12.